The molecule has 4 fully saturated rings. The quantitative estimate of drug-likeness (QED) is 0.346. The first-order chi connectivity index (χ1) is 18.6. The minimum absolute atomic E-state index is 0.777. The van der Waals surface area contributed by atoms with Crippen molar-refractivity contribution in [2.24, 2.45) is 23.7 Å². The molecule has 0 heterocycles. The molecule has 0 radical (unpaired) electrons. The number of benzene rings is 3. The van der Waals surface area contributed by atoms with Gasteiger partial charge in [-0.1, -0.05) is 29.8 Å². The molecule has 3 aromatic rings. The van der Waals surface area contributed by atoms with Gasteiger partial charge in [0.25, 0.3) is 0 Å². The monoisotopic (exact) mass is 499 g/mol. The third-order valence-corrected chi connectivity index (χ3v) is 12.0. The lowest BCUT2D eigenvalue weighted by Gasteiger charge is -2.38. The summed E-state index contributed by atoms with van der Waals surface area (Å²) in [6.45, 7) is 2.20. The molecule has 4 atom stereocenters. The van der Waals surface area contributed by atoms with E-state index < -0.39 is 0 Å². The number of rotatable bonds is 3. The summed E-state index contributed by atoms with van der Waals surface area (Å²) in [7, 11) is 0. The Morgan fingerprint density at radius 1 is 0.421 bits per heavy atom. The van der Waals surface area contributed by atoms with Gasteiger partial charge in [0.1, 0.15) is 0 Å². The fourth-order valence-electron chi connectivity index (χ4n) is 10.7. The van der Waals surface area contributed by atoms with Crippen LogP contribution in [0.5, 0.6) is 0 Å². The van der Waals surface area contributed by atoms with E-state index in [9.17, 15) is 0 Å². The number of nitrogens with zero attached hydrogens (tertiary/aromatic N) is 1. The van der Waals surface area contributed by atoms with E-state index in [1.54, 1.807) is 22.3 Å². The van der Waals surface area contributed by atoms with Gasteiger partial charge in [-0.25, -0.2) is 0 Å². The molecule has 0 spiro atoms. The Bertz CT molecular complexity index is 1290. The van der Waals surface area contributed by atoms with Crippen LogP contribution in [-0.4, -0.2) is 0 Å². The predicted molar refractivity (Wildman–Crippen MR) is 157 cm³/mol. The highest BCUT2D eigenvalue weighted by molar-refractivity contribution is 5.78. The third kappa shape index (κ3) is 3.42. The molecule has 4 unspecified atom stereocenters. The van der Waals surface area contributed by atoms with Crippen molar-refractivity contribution in [1.29, 1.82) is 0 Å². The zero-order chi connectivity index (χ0) is 25.0. The fourth-order valence-corrected chi connectivity index (χ4v) is 10.7. The van der Waals surface area contributed by atoms with E-state index in [-0.39, 0.29) is 0 Å². The Balaban J connectivity index is 1.18. The van der Waals surface area contributed by atoms with Crippen molar-refractivity contribution in [3.63, 3.8) is 0 Å². The second-order valence-corrected chi connectivity index (χ2v) is 14.4. The van der Waals surface area contributed by atoms with E-state index in [0.717, 1.165) is 47.3 Å². The molecule has 0 aliphatic heterocycles. The molecule has 0 amide bonds. The Morgan fingerprint density at radius 2 is 0.789 bits per heavy atom. The standard InChI is InChI=1S/C37H41N/c1-22-2-4-31(5-3-22)38(32-6-8-34-27-12-23-10-24(13-27)17-29(16-23)36(34)20-32)33-7-9-35-28-14-25-11-26(15-28)19-30(18-25)37(35)21-33/h2-9,20-21,23-30H,10-19H2,1H3. The first-order valence-corrected chi connectivity index (χ1v) is 15.8. The molecule has 0 aromatic heterocycles. The van der Waals surface area contributed by atoms with E-state index in [1.807, 2.05) is 0 Å². The van der Waals surface area contributed by atoms with Gasteiger partial charge in [0, 0.05) is 17.1 Å². The highest BCUT2D eigenvalue weighted by atomic mass is 15.1. The van der Waals surface area contributed by atoms with Crippen LogP contribution < -0.4 is 4.90 Å². The molecule has 8 bridgehead atoms. The second-order valence-electron chi connectivity index (χ2n) is 14.4. The molecule has 11 rings (SSSR count). The normalized spacial score (nSPS) is 35.5. The van der Waals surface area contributed by atoms with Gasteiger partial charge in [-0.2, -0.15) is 0 Å². The lowest BCUT2D eigenvalue weighted by molar-refractivity contribution is 0.165. The summed E-state index contributed by atoms with van der Waals surface area (Å²) >= 11 is 0. The maximum atomic E-state index is 2.63. The molecular formula is C37H41N. The van der Waals surface area contributed by atoms with E-state index in [4.69, 9.17) is 0 Å². The summed E-state index contributed by atoms with van der Waals surface area (Å²) in [5.41, 5.74) is 12.2. The molecule has 194 valence electrons. The number of anilines is 3. The van der Waals surface area contributed by atoms with Gasteiger partial charge in [-0.3, -0.25) is 0 Å². The van der Waals surface area contributed by atoms with Crippen LogP contribution in [0.1, 0.15) is 116 Å². The Kier molecular flexibility index (Phi) is 4.83. The number of hydrogen-bond acceptors (Lipinski definition) is 1. The summed E-state index contributed by atoms with van der Waals surface area (Å²) in [5.74, 6) is 7.04. The van der Waals surface area contributed by atoms with E-state index in [1.165, 1.54) is 86.8 Å². The van der Waals surface area contributed by atoms with Gasteiger partial charge in [0.2, 0.25) is 0 Å². The van der Waals surface area contributed by atoms with Crippen LogP contribution in [0, 0.1) is 30.6 Å². The Morgan fingerprint density at radius 3 is 1.21 bits per heavy atom. The molecule has 0 saturated heterocycles. The third-order valence-electron chi connectivity index (χ3n) is 12.0. The van der Waals surface area contributed by atoms with Crippen LogP contribution >= 0.6 is 0 Å². The molecule has 38 heavy (non-hydrogen) atoms. The van der Waals surface area contributed by atoms with Crippen LogP contribution in [0.25, 0.3) is 0 Å². The molecule has 1 heteroatoms. The summed E-state index contributed by atoms with van der Waals surface area (Å²) in [6, 6.07) is 24.5. The minimum Gasteiger partial charge on any atom is -0.310 e. The average molecular weight is 500 g/mol. The van der Waals surface area contributed by atoms with Crippen molar-refractivity contribution in [3.05, 3.63) is 88.5 Å². The fraction of sp³-hybridized carbons (Fsp3) is 0.514. The van der Waals surface area contributed by atoms with Crippen LogP contribution in [0.2, 0.25) is 0 Å². The highest BCUT2D eigenvalue weighted by Gasteiger charge is 2.43. The van der Waals surface area contributed by atoms with Gasteiger partial charge < -0.3 is 4.90 Å². The molecule has 4 saturated carbocycles. The molecule has 0 N–H and O–H groups in total. The van der Waals surface area contributed by atoms with Crippen LogP contribution in [0.4, 0.5) is 17.1 Å². The average Bonchev–Trinajstić information content (AvgIpc) is 3.19. The van der Waals surface area contributed by atoms with E-state index >= 15 is 0 Å². The van der Waals surface area contributed by atoms with Crippen LogP contribution in [0.15, 0.2) is 60.7 Å². The first kappa shape index (κ1) is 22.3. The topological polar surface area (TPSA) is 3.24 Å². The maximum Gasteiger partial charge on any atom is 0.0464 e. The van der Waals surface area contributed by atoms with E-state index in [2.05, 4.69) is 72.5 Å². The summed E-state index contributed by atoms with van der Waals surface area (Å²) in [5, 5.41) is 0. The van der Waals surface area contributed by atoms with Gasteiger partial charge in [-0.15, -0.1) is 0 Å². The van der Waals surface area contributed by atoms with Crippen molar-refractivity contribution < 1.29 is 0 Å². The highest BCUT2D eigenvalue weighted by Crippen LogP contribution is 2.58. The van der Waals surface area contributed by atoms with Gasteiger partial charge >= 0.3 is 0 Å². The predicted octanol–water partition coefficient (Wildman–Crippen LogP) is 10.2. The lowest BCUT2D eigenvalue weighted by Crippen LogP contribution is -2.25. The number of hydrogen-bond donors (Lipinski definition) is 0. The van der Waals surface area contributed by atoms with E-state index in [0.29, 0.717) is 0 Å². The molecule has 8 aliphatic rings. The van der Waals surface area contributed by atoms with Crippen LogP contribution in [-0.2, 0) is 0 Å². The molecule has 1 nitrogen and oxygen atoms in total. The largest absolute Gasteiger partial charge is 0.310 e. The molecule has 8 aliphatic carbocycles. The Labute approximate surface area is 228 Å². The first-order valence-electron chi connectivity index (χ1n) is 15.8. The second kappa shape index (κ2) is 8.23. The van der Waals surface area contributed by atoms with Crippen molar-refractivity contribution in [1.82, 2.24) is 0 Å². The SMILES string of the molecule is Cc1ccc(N(c2ccc3c(c2)C2CC4CC(CC3C4)C2)c2ccc3c(c2)C2CC4CC(CC3C4)C2)cc1. The number of aryl methyl sites for hydroxylation is 1. The van der Waals surface area contributed by atoms with Gasteiger partial charge in [0.05, 0.1) is 0 Å². The zero-order valence-electron chi connectivity index (χ0n) is 22.9. The summed E-state index contributed by atoms with van der Waals surface area (Å²) in [4.78, 5) is 2.59. The van der Waals surface area contributed by atoms with Crippen molar-refractivity contribution in [2.75, 3.05) is 4.90 Å². The molecule has 3 aromatic carbocycles. The van der Waals surface area contributed by atoms with Gasteiger partial charge in [0.15, 0.2) is 0 Å². The maximum absolute atomic E-state index is 2.63. The van der Waals surface area contributed by atoms with Crippen LogP contribution in [0.3, 0.4) is 0 Å². The zero-order valence-corrected chi connectivity index (χ0v) is 22.9. The summed E-state index contributed by atoms with van der Waals surface area (Å²) in [6.07, 6.45) is 14.5. The van der Waals surface area contributed by atoms with Crippen molar-refractivity contribution in [2.45, 2.75) is 94.8 Å². The van der Waals surface area contributed by atoms with Crippen molar-refractivity contribution in [3.8, 4) is 0 Å². The lowest BCUT2D eigenvalue weighted by atomic mass is 9.67. The van der Waals surface area contributed by atoms with Gasteiger partial charge in [-0.05, 0) is 177 Å². The summed E-state index contributed by atoms with van der Waals surface area (Å²) < 4.78 is 0. The smallest absolute Gasteiger partial charge is 0.0464 e. The van der Waals surface area contributed by atoms with Crippen molar-refractivity contribution >= 4 is 17.1 Å². The minimum atomic E-state index is 0.777. The molecular weight excluding hydrogens is 458 g/mol. The Hall–Kier alpha value is -2.54.